The van der Waals surface area contributed by atoms with Gasteiger partial charge in [0.25, 0.3) is 0 Å². The van der Waals surface area contributed by atoms with E-state index in [1.165, 1.54) is 11.1 Å². The van der Waals surface area contributed by atoms with E-state index < -0.39 is 11.7 Å². The highest BCUT2D eigenvalue weighted by molar-refractivity contribution is 6.00. The lowest BCUT2D eigenvalue weighted by molar-refractivity contribution is -0.663. The Balaban J connectivity index is 0.00000353. The number of fused-ring (bicyclic) bond motifs is 3. The molecule has 6 aromatic rings. The molecule has 0 N–H and O–H groups in total. The van der Waals surface area contributed by atoms with E-state index in [0.29, 0.717) is 12.1 Å². The van der Waals surface area contributed by atoms with Crippen LogP contribution < -0.4 is 21.5 Å². The summed E-state index contributed by atoms with van der Waals surface area (Å²) in [7, 11) is 0. The molecule has 0 bridgehead atoms. The van der Waals surface area contributed by atoms with Crippen LogP contribution >= 0.6 is 0 Å². The smallest absolute Gasteiger partial charge is 0.419 e. The highest BCUT2D eigenvalue weighted by Gasteiger charge is 2.24. The second-order valence-corrected chi connectivity index (χ2v) is 11.8. The maximum Gasteiger partial charge on any atom is 0.419 e. The molecule has 0 atom stereocenters. The fraction of sp³-hybridized carbons (Fsp3) is 0.229. The Bertz CT molecular complexity index is 1980. The fourth-order valence-corrected chi connectivity index (χ4v) is 5.42. The van der Waals surface area contributed by atoms with Gasteiger partial charge in [0.05, 0.1) is 5.52 Å². The van der Waals surface area contributed by atoms with E-state index in [9.17, 15) is 9.59 Å². The number of benzene rings is 4. The van der Waals surface area contributed by atoms with Crippen molar-refractivity contribution in [1.29, 1.82) is 0 Å². The van der Waals surface area contributed by atoms with Crippen LogP contribution in [0.1, 0.15) is 47.8 Å². The number of para-hydroxylation sites is 1. The molecule has 6 rings (SSSR count). The Morgan fingerprint density at radius 3 is 2.29 bits per heavy atom. The third-order valence-corrected chi connectivity index (χ3v) is 7.60. The molecular formula is C35H34BrN3O3. The van der Waals surface area contributed by atoms with Crippen molar-refractivity contribution in [2.24, 2.45) is 0 Å². The number of nitrogens with zero attached hydrogens (tertiary/aromatic N) is 3. The molecule has 0 saturated carbocycles. The zero-order chi connectivity index (χ0) is 28.9. The number of rotatable bonds is 5. The number of aromatic nitrogens is 3. The van der Waals surface area contributed by atoms with Gasteiger partial charge in [0.1, 0.15) is 12.1 Å². The van der Waals surface area contributed by atoms with Gasteiger partial charge in [-0.1, -0.05) is 54.6 Å². The quantitative estimate of drug-likeness (QED) is 0.212. The van der Waals surface area contributed by atoms with Crippen LogP contribution in [-0.4, -0.2) is 26.6 Å². The summed E-state index contributed by atoms with van der Waals surface area (Å²) >= 11 is 0. The van der Waals surface area contributed by atoms with Gasteiger partial charge in [0.15, 0.2) is 17.6 Å². The number of ether oxygens (including phenoxy) is 1. The molecule has 0 amide bonds. The molecule has 0 aliphatic heterocycles. The summed E-state index contributed by atoms with van der Waals surface area (Å²) in [4.78, 5) is 26.6. The summed E-state index contributed by atoms with van der Waals surface area (Å²) in [6, 6.07) is 26.2. The summed E-state index contributed by atoms with van der Waals surface area (Å²) in [6.45, 7) is 10.6. The SMILES string of the molecule is Cc1cc2c(cc1C)[n+](Cc1cn(C(=O)OC(C)(C)C)c3ccccc13)cn2CC(=O)c1ccc2ccccc2c1.[Br-]. The molecule has 42 heavy (non-hydrogen) atoms. The molecule has 0 fully saturated rings. The monoisotopic (exact) mass is 623 g/mol. The molecule has 0 radical (unpaired) electrons. The van der Waals surface area contributed by atoms with E-state index in [4.69, 9.17) is 4.74 Å². The summed E-state index contributed by atoms with van der Waals surface area (Å²) in [5, 5.41) is 3.16. The van der Waals surface area contributed by atoms with E-state index >= 15 is 0 Å². The number of carbonyl (C=O) groups excluding carboxylic acids is 2. The predicted octanol–water partition coefficient (Wildman–Crippen LogP) is 4.37. The number of hydrogen-bond donors (Lipinski definition) is 0. The van der Waals surface area contributed by atoms with Crippen LogP contribution in [0.25, 0.3) is 32.7 Å². The molecule has 2 heterocycles. The van der Waals surface area contributed by atoms with Gasteiger partial charge >= 0.3 is 6.09 Å². The first-order valence-electron chi connectivity index (χ1n) is 13.9. The molecule has 0 saturated heterocycles. The van der Waals surface area contributed by atoms with Crippen LogP contribution in [-0.2, 0) is 17.8 Å². The molecular weight excluding hydrogens is 590 g/mol. The van der Waals surface area contributed by atoms with Crippen molar-refractivity contribution in [3.8, 4) is 0 Å². The second-order valence-electron chi connectivity index (χ2n) is 11.8. The van der Waals surface area contributed by atoms with Crippen LogP contribution in [0.4, 0.5) is 4.79 Å². The van der Waals surface area contributed by atoms with Gasteiger partial charge in [-0.05, 0) is 80.8 Å². The maximum atomic E-state index is 13.5. The van der Waals surface area contributed by atoms with Crippen molar-refractivity contribution >= 4 is 44.6 Å². The molecule has 4 aromatic carbocycles. The van der Waals surface area contributed by atoms with Gasteiger partial charge in [0.2, 0.25) is 12.1 Å². The van der Waals surface area contributed by atoms with Crippen LogP contribution in [0.2, 0.25) is 0 Å². The Hall–Kier alpha value is -4.23. The standard InChI is InChI=1S/C35H34N3O3.BrH/c1-23-16-31-32(17-24(23)2)37(21-33(39)27-15-14-25-10-6-7-11-26(25)18-27)22-36(31)19-28-20-38(34(40)41-35(3,4)5)30-13-9-8-12-29(28)30;/h6-18,20,22H,19,21H2,1-5H3;1H/q+1;/p-1. The zero-order valence-electron chi connectivity index (χ0n) is 24.5. The van der Waals surface area contributed by atoms with Crippen molar-refractivity contribution < 1.29 is 35.9 Å². The average molecular weight is 625 g/mol. The van der Waals surface area contributed by atoms with Crippen molar-refractivity contribution in [3.63, 3.8) is 0 Å². The van der Waals surface area contributed by atoms with E-state index in [0.717, 1.165) is 38.3 Å². The van der Waals surface area contributed by atoms with E-state index in [-0.39, 0.29) is 29.3 Å². The normalized spacial score (nSPS) is 11.6. The Morgan fingerprint density at radius 1 is 0.833 bits per heavy atom. The minimum absolute atomic E-state index is 0. The maximum absolute atomic E-state index is 13.5. The summed E-state index contributed by atoms with van der Waals surface area (Å²) in [5.41, 5.74) is 6.28. The molecule has 0 aliphatic rings. The summed E-state index contributed by atoms with van der Waals surface area (Å²) in [6.07, 6.45) is 3.48. The highest BCUT2D eigenvalue weighted by Crippen LogP contribution is 2.25. The summed E-state index contributed by atoms with van der Waals surface area (Å²) < 4.78 is 11.5. The number of imidazole rings is 1. The van der Waals surface area contributed by atoms with Crippen LogP contribution in [0.15, 0.2) is 91.4 Å². The van der Waals surface area contributed by atoms with Gasteiger partial charge in [-0.3, -0.25) is 9.36 Å². The third-order valence-electron chi connectivity index (χ3n) is 7.60. The number of aryl methyl sites for hydroxylation is 2. The van der Waals surface area contributed by atoms with Gasteiger partial charge in [-0.15, -0.1) is 0 Å². The Kier molecular flexibility index (Phi) is 7.82. The first-order valence-corrected chi connectivity index (χ1v) is 13.9. The van der Waals surface area contributed by atoms with Crippen LogP contribution in [0.3, 0.4) is 0 Å². The number of Topliss-reactive ketones (excluding diaryl/α,β-unsaturated/α-hetero) is 1. The van der Waals surface area contributed by atoms with Gasteiger partial charge in [0, 0.05) is 22.7 Å². The average Bonchev–Trinajstić information content (AvgIpc) is 3.46. The predicted molar refractivity (Wildman–Crippen MR) is 163 cm³/mol. The minimum atomic E-state index is -0.599. The Labute approximate surface area is 255 Å². The van der Waals surface area contributed by atoms with E-state index in [1.807, 2.05) is 98.5 Å². The second kappa shape index (κ2) is 11.2. The van der Waals surface area contributed by atoms with Crippen molar-refractivity contribution in [3.05, 3.63) is 114 Å². The van der Waals surface area contributed by atoms with Crippen molar-refractivity contribution in [2.75, 3.05) is 0 Å². The van der Waals surface area contributed by atoms with Gasteiger partial charge in [-0.25, -0.2) is 13.9 Å². The fourth-order valence-electron chi connectivity index (χ4n) is 5.42. The molecule has 6 nitrogen and oxygen atoms in total. The first-order chi connectivity index (χ1) is 19.6. The number of ketones is 1. The molecule has 0 unspecified atom stereocenters. The highest BCUT2D eigenvalue weighted by atomic mass is 79.9. The van der Waals surface area contributed by atoms with Gasteiger partial charge in [-0.2, -0.15) is 0 Å². The first kappa shape index (κ1) is 29.3. The molecule has 7 heteroatoms. The topological polar surface area (TPSA) is 57.1 Å². The molecule has 0 spiro atoms. The molecule has 0 aliphatic carbocycles. The summed E-state index contributed by atoms with van der Waals surface area (Å²) in [5.74, 6) is 0.0551. The molecule has 2 aromatic heterocycles. The van der Waals surface area contributed by atoms with Gasteiger partial charge < -0.3 is 21.7 Å². The Morgan fingerprint density at radius 2 is 1.52 bits per heavy atom. The lowest BCUT2D eigenvalue weighted by atomic mass is 10.0. The number of halogens is 1. The largest absolute Gasteiger partial charge is 1.00 e. The zero-order valence-corrected chi connectivity index (χ0v) is 26.1. The minimum Gasteiger partial charge on any atom is -1.00 e. The van der Waals surface area contributed by atoms with Crippen LogP contribution in [0, 0.1) is 13.8 Å². The van der Waals surface area contributed by atoms with Crippen LogP contribution in [0.5, 0.6) is 0 Å². The molecule has 214 valence electrons. The number of carbonyl (C=O) groups is 2. The number of hydrogen-bond acceptors (Lipinski definition) is 3. The lowest BCUT2D eigenvalue weighted by Gasteiger charge is -2.19. The lowest BCUT2D eigenvalue weighted by Crippen LogP contribution is -3.00. The van der Waals surface area contributed by atoms with Crippen molar-refractivity contribution in [2.45, 2.75) is 53.3 Å². The van der Waals surface area contributed by atoms with E-state index in [1.54, 1.807) is 4.57 Å². The van der Waals surface area contributed by atoms with Crippen molar-refractivity contribution in [1.82, 2.24) is 9.13 Å². The third kappa shape index (κ3) is 5.61. The van der Waals surface area contributed by atoms with E-state index in [2.05, 4.69) is 36.6 Å².